The Morgan fingerprint density at radius 2 is 1.84 bits per heavy atom. The summed E-state index contributed by atoms with van der Waals surface area (Å²) in [6.07, 6.45) is 1.02. The fourth-order valence-electron chi connectivity index (χ4n) is 2.07. The molecular weight excluding hydrogens is 271 g/mol. The van der Waals surface area contributed by atoms with Gasteiger partial charge in [0.05, 0.1) is 0 Å². The SMILES string of the molecule is CN(C(=O)C1(N)CCOCC1)c1ccc(F)cc1.Cl. The number of nitrogens with zero attached hydrogens (tertiary/aromatic N) is 1. The zero-order valence-electron chi connectivity index (χ0n) is 10.8. The molecule has 106 valence electrons. The number of rotatable bonds is 2. The largest absolute Gasteiger partial charge is 0.381 e. The monoisotopic (exact) mass is 288 g/mol. The topological polar surface area (TPSA) is 55.6 Å². The molecule has 1 fully saturated rings. The molecule has 1 aliphatic heterocycles. The average Bonchev–Trinajstić information content (AvgIpc) is 2.39. The van der Waals surface area contributed by atoms with E-state index >= 15 is 0 Å². The maximum absolute atomic E-state index is 12.8. The van der Waals surface area contributed by atoms with Crippen LogP contribution >= 0.6 is 12.4 Å². The maximum Gasteiger partial charge on any atom is 0.246 e. The highest BCUT2D eigenvalue weighted by Crippen LogP contribution is 2.23. The van der Waals surface area contributed by atoms with Crippen LogP contribution in [0.1, 0.15) is 12.8 Å². The summed E-state index contributed by atoms with van der Waals surface area (Å²) in [6, 6.07) is 5.78. The van der Waals surface area contributed by atoms with E-state index in [2.05, 4.69) is 0 Å². The van der Waals surface area contributed by atoms with Gasteiger partial charge in [0, 0.05) is 25.9 Å². The van der Waals surface area contributed by atoms with Gasteiger partial charge in [-0.2, -0.15) is 0 Å². The van der Waals surface area contributed by atoms with Crippen LogP contribution in [0.2, 0.25) is 0 Å². The minimum Gasteiger partial charge on any atom is -0.381 e. The first-order chi connectivity index (χ1) is 8.53. The summed E-state index contributed by atoms with van der Waals surface area (Å²) in [5.74, 6) is -0.481. The number of carbonyl (C=O) groups is 1. The molecule has 0 unspecified atom stereocenters. The standard InChI is InChI=1S/C13H17FN2O2.ClH/c1-16(11-4-2-10(14)3-5-11)12(17)13(15)6-8-18-9-7-13;/h2-5H,6-9,15H2,1H3;1H. The fourth-order valence-corrected chi connectivity index (χ4v) is 2.07. The predicted molar refractivity (Wildman–Crippen MR) is 74.0 cm³/mol. The summed E-state index contributed by atoms with van der Waals surface area (Å²) >= 11 is 0. The van der Waals surface area contributed by atoms with E-state index in [1.54, 1.807) is 19.2 Å². The highest BCUT2D eigenvalue weighted by molar-refractivity contribution is 5.99. The molecule has 0 radical (unpaired) electrons. The molecule has 1 saturated heterocycles. The molecule has 0 spiro atoms. The van der Waals surface area contributed by atoms with Crippen molar-refractivity contribution < 1.29 is 13.9 Å². The van der Waals surface area contributed by atoms with Gasteiger partial charge in [0.25, 0.3) is 0 Å². The molecule has 1 amide bonds. The van der Waals surface area contributed by atoms with Crippen LogP contribution in [0, 0.1) is 5.82 Å². The maximum atomic E-state index is 12.8. The Kier molecular flexibility index (Phi) is 5.29. The van der Waals surface area contributed by atoms with E-state index in [1.165, 1.54) is 17.0 Å². The second kappa shape index (κ2) is 6.32. The third-order valence-corrected chi connectivity index (χ3v) is 3.33. The smallest absolute Gasteiger partial charge is 0.246 e. The van der Waals surface area contributed by atoms with E-state index in [1.807, 2.05) is 0 Å². The van der Waals surface area contributed by atoms with Crippen molar-refractivity contribution in [3.8, 4) is 0 Å². The third-order valence-electron chi connectivity index (χ3n) is 3.33. The minimum atomic E-state index is -0.874. The molecule has 0 saturated carbocycles. The van der Waals surface area contributed by atoms with Gasteiger partial charge in [0.2, 0.25) is 5.91 Å². The molecular formula is C13H18ClFN2O2. The number of nitrogens with two attached hydrogens (primary N) is 1. The summed E-state index contributed by atoms with van der Waals surface area (Å²) in [7, 11) is 1.65. The number of hydrogen-bond acceptors (Lipinski definition) is 3. The Hall–Kier alpha value is -1.17. The molecule has 1 aliphatic rings. The summed E-state index contributed by atoms with van der Waals surface area (Å²) < 4.78 is 18.1. The summed E-state index contributed by atoms with van der Waals surface area (Å²) in [5, 5.41) is 0. The fraction of sp³-hybridized carbons (Fsp3) is 0.462. The average molecular weight is 289 g/mol. The molecule has 0 atom stereocenters. The lowest BCUT2D eigenvalue weighted by Gasteiger charge is -2.35. The first kappa shape index (κ1) is 15.9. The molecule has 2 rings (SSSR count). The molecule has 2 N–H and O–H groups in total. The molecule has 1 heterocycles. The molecule has 0 aromatic heterocycles. The van der Waals surface area contributed by atoms with Gasteiger partial charge in [0.15, 0.2) is 0 Å². The number of benzene rings is 1. The Morgan fingerprint density at radius 1 is 1.32 bits per heavy atom. The Bertz CT molecular complexity index is 433. The second-order valence-corrected chi connectivity index (χ2v) is 4.61. The zero-order chi connectivity index (χ0) is 13.2. The summed E-state index contributed by atoms with van der Waals surface area (Å²) in [6.45, 7) is 0.999. The van der Waals surface area contributed by atoms with Crippen LogP contribution in [0.4, 0.5) is 10.1 Å². The van der Waals surface area contributed by atoms with E-state index in [4.69, 9.17) is 10.5 Å². The van der Waals surface area contributed by atoms with Gasteiger partial charge in [-0.3, -0.25) is 4.79 Å². The molecule has 6 heteroatoms. The van der Waals surface area contributed by atoms with Crippen molar-refractivity contribution in [1.82, 2.24) is 0 Å². The van der Waals surface area contributed by atoms with Gasteiger partial charge in [-0.15, -0.1) is 12.4 Å². The van der Waals surface area contributed by atoms with E-state index in [9.17, 15) is 9.18 Å². The normalized spacial score (nSPS) is 17.4. The minimum absolute atomic E-state index is 0. The van der Waals surface area contributed by atoms with Crippen LogP contribution < -0.4 is 10.6 Å². The van der Waals surface area contributed by atoms with Crippen molar-refractivity contribution in [2.75, 3.05) is 25.2 Å². The van der Waals surface area contributed by atoms with E-state index in [-0.39, 0.29) is 24.1 Å². The van der Waals surface area contributed by atoms with Crippen molar-refractivity contribution in [2.24, 2.45) is 5.73 Å². The Balaban J connectivity index is 0.00000180. The highest BCUT2D eigenvalue weighted by Gasteiger charge is 2.38. The van der Waals surface area contributed by atoms with E-state index in [0.717, 1.165) is 0 Å². The quantitative estimate of drug-likeness (QED) is 0.901. The van der Waals surface area contributed by atoms with E-state index < -0.39 is 5.54 Å². The van der Waals surface area contributed by atoms with Crippen LogP contribution in [0.3, 0.4) is 0 Å². The molecule has 4 nitrogen and oxygen atoms in total. The van der Waals surface area contributed by atoms with Crippen LogP contribution in [-0.4, -0.2) is 31.7 Å². The summed E-state index contributed by atoms with van der Waals surface area (Å²) in [4.78, 5) is 13.8. The van der Waals surface area contributed by atoms with Crippen molar-refractivity contribution >= 4 is 24.0 Å². The van der Waals surface area contributed by atoms with Gasteiger partial charge in [-0.05, 0) is 37.1 Å². The first-order valence-electron chi connectivity index (χ1n) is 5.93. The van der Waals surface area contributed by atoms with Crippen LogP contribution in [0.25, 0.3) is 0 Å². The first-order valence-corrected chi connectivity index (χ1v) is 5.93. The van der Waals surface area contributed by atoms with Crippen LogP contribution in [0.5, 0.6) is 0 Å². The summed E-state index contributed by atoms with van der Waals surface area (Å²) in [5.41, 5.74) is 5.89. The predicted octanol–water partition coefficient (Wildman–Crippen LogP) is 1.72. The molecule has 0 aliphatic carbocycles. The molecule has 1 aromatic carbocycles. The number of likely N-dealkylation sites (N-methyl/N-ethyl adjacent to an activating group) is 1. The zero-order valence-corrected chi connectivity index (χ0v) is 11.6. The second-order valence-electron chi connectivity index (χ2n) is 4.61. The lowest BCUT2D eigenvalue weighted by atomic mass is 9.89. The number of anilines is 1. The Labute approximate surface area is 118 Å². The number of carbonyl (C=O) groups excluding carboxylic acids is 1. The van der Waals surface area contributed by atoms with Gasteiger partial charge in [-0.25, -0.2) is 4.39 Å². The van der Waals surface area contributed by atoms with Gasteiger partial charge in [-0.1, -0.05) is 0 Å². The molecule has 19 heavy (non-hydrogen) atoms. The van der Waals surface area contributed by atoms with Gasteiger partial charge >= 0.3 is 0 Å². The third kappa shape index (κ3) is 3.43. The van der Waals surface area contributed by atoms with Crippen molar-refractivity contribution in [3.63, 3.8) is 0 Å². The van der Waals surface area contributed by atoms with Crippen molar-refractivity contribution in [2.45, 2.75) is 18.4 Å². The van der Waals surface area contributed by atoms with Gasteiger partial charge in [0.1, 0.15) is 11.4 Å². The van der Waals surface area contributed by atoms with Crippen molar-refractivity contribution in [3.05, 3.63) is 30.1 Å². The van der Waals surface area contributed by atoms with Crippen LogP contribution in [-0.2, 0) is 9.53 Å². The van der Waals surface area contributed by atoms with Gasteiger partial charge < -0.3 is 15.4 Å². The van der Waals surface area contributed by atoms with Crippen LogP contribution in [0.15, 0.2) is 24.3 Å². The number of amides is 1. The number of hydrogen-bond donors (Lipinski definition) is 1. The number of ether oxygens (including phenoxy) is 1. The molecule has 1 aromatic rings. The number of halogens is 2. The Morgan fingerprint density at radius 3 is 2.37 bits per heavy atom. The van der Waals surface area contributed by atoms with Crippen molar-refractivity contribution in [1.29, 1.82) is 0 Å². The lowest BCUT2D eigenvalue weighted by molar-refractivity contribution is -0.126. The van der Waals surface area contributed by atoms with E-state index in [0.29, 0.717) is 31.7 Å². The lowest BCUT2D eigenvalue weighted by Crippen LogP contribution is -2.57. The molecule has 0 bridgehead atoms. The highest BCUT2D eigenvalue weighted by atomic mass is 35.5.